The average Bonchev–Trinajstić information content (AvgIpc) is 2.48. The zero-order valence-corrected chi connectivity index (χ0v) is 13.5. The van der Waals surface area contributed by atoms with Crippen LogP contribution in [0.1, 0.15) is 58.5 Å². The predicted octanol–water partition coefficient (Wildman–Crippen LogP) is 2.72. The molecule has 1 rings (SSSR count). The summed E-state index contributed by atoms with van der Waals surface area (Å²) in [6, 6.07) is 0. The third-order valence-corrected chi connectivity index (χ3v) is 3.31. The molecule has 0 saturated carbocycles. The van der Waals surface area contributed by atoms with Crippen molar-refractivity contribution in [2.75, 3.05) is 18.9 Å². The van der Waals surface area contributed by atoms with Crippen molar-refractivity contribution in [3.63, 3.8) is 0 Å². The Morgan fingerprint density at radius 2 is 1.32 bits per heavy atom. The number of carbonyl (C=O) groups is 2. The molecular formula is C16H23NO5. The average molecular weight is 309 g/mol. The van der Waals surface area contributed by atoms with Crippen molar-refractivity contribution in [3.05, 3.63) is 22.3 Å². The molecule has 0 fully saturated rings. The van der Waals surface area contributed by atoms with Gasteiger partial charge >= 0.3 is 11.9 Å². The predicted molar refractivity (Wildman–Crippen MR) is 83.1 cm³/mol. The summed E-state index contributed by atoms with van der Waals surface area (Å²) in [5, 5.41) is 10.4. The fraction of sp³-hybridized carbons (Fsp3) is 0.500. The maximum Gasteiger partial charge on any atom is 0.342 e. The minimum atomic E-state index is -0.701. The minimum absolute atomic E-state index is 0.0833. The summed E-state index contributed by atoms with van der Waals surface area (Å²) in [7, 11) is 0. The van der Waals surface area contributed by atoms with E-state index in [2.05, 4.69) is 0 Å². The molecular weight excluding hydrogens is 286 g/mol. The van der Waals surface area contributed by atoms with Gasteiger partial charge in [-0.05, 0) is 37.8 Å². The molecule has 3 N–H and O–H groups in total. The Morgan fingerprint density at radius 1 is 0.955 bits per heavy atom. The van der Waals surface area contributed by atoms with Crippen LogP contribution in [0.2, 0.25) is 0 Å². The van der Waals surface area contributed by atoms with E-state index in [1.54, 1.807) is 13.8 Å². The molecule has 1 aromatic carbocycles. The third-order valence-electron chi connectivity index (χ3n) is 3.31. The number of benzene rings is 1. The number of carbonyl (C=O) groups excluding carboxylic acids is 2. The number of hydrogen-bond donors (Lipinski definition) is 2. The molecule has 6 heteroatoms. The van der Waals surface area contributed by atoms with E-state index in [1.807, 2.05) is 13.8 Å². The van der Waals surface area contributed by atoms with Crippen LogP contribution in [-0.4, -0.2) is 30.3 Å². The largest absolute Gasteiger partial charge is 0.506 e. The van der Waals surface area contributed by atoms with Crippen LogP contribution in [0.5, 0.6) is 5.75 Å². The first-order valence-corrected chi connectivity index (χ1v) is 7.32. The second kappa shape index (κ2) is 7.68. The Kier molecular flexibility index (Phi) is 6.22. The topological polar surface area (TPSA) is 98.9 Å². The van der Waals surface area contributed by atoms with Gasteiger partial charge in [-0.15, -0.1) is 0 Å². The van der Waals surface area contributed by atoms with Crippen LogP contribution in [0.3, 0.4) is 0 Å². The molecule has 6 nitrogen and oxygen atoms in total. The van der Waals surface area contributed by atoms with Crippen LogP contribution in [0.4, 0.5) is 5.69 Å². The van der Waals surface area contributed by atoms with Gasteiger partial charge in [0.1, 0.15) is 16.9 Å². The van der Waals surface area contributed by atoms with E-state index in [-0.39, 0.29) is 30.0 Å². The molecule has 0 aliphatic heterocycles. The summed E-state index contributed by atoms with van der Waals surface area (Å²) in [6.45, 7) is 7.37. The van der Waals surface area contributed by atoms with Gasteiger partial charge in [-0.1, -0.05) is 13.8 Å². The second-order valence-electron chi connectivity index (χ2n) is 5.03. The molecule has 0 unspecified atom stereocenters. The van der Waals surface area contributed by atoms with Gasteiger partial charge in [-0.2, -0.15) is 0 Å². The first kappa shape index (κ1) is 17.8. The number of phenolic OH excluding ortho intramolecular Hbond substituents is 1. The molecule has 0 heterocycles. The summed E-state index contributed by atoms with van der Waals surface area (Å²) in [5.41, 5.74) is 6.84. The van der Waals surface area contributed by atoms with Crippen LogP contribution >= 0.6 is 0 Å². The Morgan fingerprint density at radius 3 is 1.64 bits per heavy atom. The van der Waals surface area contributed by atoms with Crippen LogP contribution in [0.25, 0.3) is 0 Å². The Balaban J connectivity index is 3.37. The third kappa shape index (κ3) is 3.50. The number of rotatable bonds is 6. The van der Waals surface area contributed by atoms with Crippen molar-refractivity contribution in [1.82, 2.24) is 0 Å². The van der Waals surface area contributed by atoms with Crippen molar-refractivity contribution in [1.29, 1.82) is 0 Å². The highest BCUT2D eigenvalue weighted by molar-refractivity contribution is 6.04. The molecule has 0 aliphatic rings. The zero-order chi connectivity index (χ0) is 16.9. The van der Waals surface area contributed by atoms with Crippen molar-refractivity contribution < 1.29 is 24.2 Å². The summed E-state index contributed by atoms with van der Waals surface area (Å²) in [5.74, 6) is -1.84. The second-order valence-corrected chi connectivity index (χ2v) is 5.03. The highest BCUT2D eigenvalue weighted by Gasteiger charge is 2.27. The molecule has 0 saturated heterocycles. The smallest absolute Gasteiger partial charge is 0.342 e. The van der Waals surface area contributed by atoms with Gasteiger partial charge in [-0.25, -0.2) is 9.59 Å². The van der Waals surface area contributed by atoms with Crippen molar-refractivity contribution in [3.8, 4) is 5.75 Å². The maximum atomic E-state index is 12.1. The molecule has 0 spiro atoms. The Hall–Kier alpha value is -2.24. The van der Waals surface area contributed by atoms with Gasteiger partial charge in [0, 0.05) is 5.69 Å². The SMILES string of the molecule is CCCOC(=O)c1c(C)c(N)c(C)c(C(=O)OCCC)c1O. The molecule has 0 radical (unpaired) electrons. The van der Waals surface area contributed by atoms with E-state index in [0.717, 1.165) is 0 Å². The molecule has 0 bridgehead atoms. The van der Waals surface area contributed by atoms with E-state index in [0.29, 0.717) is 24.0 Å². The van der Waals surface area contributed by atoms with Gasteiger partial charge < -0.3 is 20.3 Å². The van der Waals surface area contributed by atoms with Gasteiger partial charge in [0.25, 0.3) is 0 Å². The minimum Gasteiger partial charge on any atom is -0.506 e. The molecule has 0 amide bonds. The van der Waals surface area contributed by atoms with E-state index >= 15 is 0 Å². The standard InChI is InChI=1S/C16H23NO5/c1-5-7-21-15(19)11-9(3)13(17)10(4)12(14(11)18)16(20)22-8-6-2/h18H,5-8,17H2,1-4H3. The lowest BCUT2D eigenvalue weighted by Gasteiger charge is -2.17. The van der Waals surface area contributed by atoms with Crippen LogP contribution in [0.15, 0.2) is 0 Å². The molecule has 122 valence electrons. The molecule has 0 atom stereocenters. The number of nitrogens with two attached hydrogens (primary N) is 1. The van der Waals surface area contributed by atoms with Gasteiger partial charge in [-0.3, -0.25) is 0 Å². The first-order chi connectivity index (χ1) is 10.4. The molecule has 0 aromatic heterocycles. The van der Waals surface area contributed by atoms with E-state index in [4.69, 9.17) is 15.2 Å². The first-order valence-electron chi connectivity index (χ1n) is 7.32. The van der Waals surface area contributed by atoms with E-state index in [1.165, 1.54) is 0 Å². The highest BCUT2D eigenvalue weighted by Crippen LogP contribution is 2.35. The Labute approximate surface area is 130 Å². The number of aromatic hydroxyl groups is 1. The summed E-state index contributed by atoms with van der Waals surface area (Å²) < 4.78 is 10.1. The lowest BCUT2D eigenvalue weighted by atomic mass is 9.95. The molecule has 0 aliphatic carbocycles. The van der Waals surface area contributed by atoms with Crippen molar-refractivity contribution in [2.24, 2.45) is 0 Å². The van der Waals surface area contributed by atoms with Crippen molar-refractivity contribution >= 4 is 17.6 Å². The number of anilines is 1. The number of phenols is 1. The van der Waals surface area contributed by atoms with E-state index < -0.39 is 17.7 Å². The van der Waals surface area contributed by atoms with Crippen LogP contribution in [0, 0.1) is 13.8 Å². The monoisotopic (exact) mass is 309 g/mol. The normalized spacial score (nSPS) is 10.4. The van der Waals surface area contributed by atoms with Gasteiger partial charge in [0.15, 0.2) is 0 Å². The number of nitrogen functional groups attached to an aromatic ring is 1. The van der Waals surface area contributed by atoms with E-state index in [9.17, 15) is 14.7 Å². The van der Waals surface area contributed by atoms with Crippen molar-refractivity contribution in [2.45, 2.75) is 40.5 Å². The summed E-state index contributed by atoms with van der Waals surface area (Å²) in [6.07, 6.45) is 1.30. The lowest BCUT2D eigenvalue weighted by Crippen LogP contribution is -2.16. The lowest BCUT2D eigenvalue weighted by molar-refractivity contribution is 0.0496. The summed E-state index contributed by atoms with van der Waals surface area (Å²) >= 11 is 0. The number of esters is 2. The molecule has 22 heavy (non-hydrogen) atoms. The fourth-order valence-electron chi connectivity index (χ4n) is 2.06. The number of ether oxygens (including phenoxy) is 2. The highest BCUT2D eigenvalue weighted by atomic mass is 16.5. The summed E-state index contributed by atoms with van der Waals surface area (Å²) in [4.78, 5) is 24.2. The maximum absolute atomic E-state index is 12.1. The quantitative estimate of drug-likeness (QED) is 0.476. The van der Waals surface area contributed by atoms with Crippen LogP contribution < -0.4 is 5.73 Å². The molecule has 1 aromatic rings. The zero-order valence-electron chi connectivity index (χ0n) is 13.5. The van der Waals surface area contributed by atoms with Gasteiger partial charge in [0.05, 0.1) is 13.2 Å². The van der Waals surface area contributed by atoms with Crippen LogP contribution in [-0.2, 0) is 9.47 Å². The van der Waals surface area contributed by atoms with Gasteiger partial charge in [0.2, 0.25) is 0 Å². The fourth-order valence-corrected chi connectivity index (χ4v) is 2.06. The number of hydrogen-bond acceptors (Lipinski definition) is 6. The Bertz CT molecular complexity index is 533.